The number of nitrogens with zero attached hydrogens (tertiary/aromatic N) is 2. The standard InChI is InChI=1S/C22H17ClN2O4S/c23-15-7-5-12(6-8-15)20(27)24(11-16(26)17-2-1-9-30-17)25-21(28)18-13-3-4-14(10-13)19(18)22(25)29/h1-9,13-14,18-19H,10-11H2/t13-,14+,18+,19-. The maximum absolute atomic E-state index is 13.3. The van der Waals surface area contributed by atoms with E-state index < -0.39 is 29.6 Å². The monoisotopic (exact) mass is 440 g/mol. The Labute approximate surface area is 181 Å². The molecule has 2 fully saturated rings. The van der Waals surface area contributed by atoms with Gasteiger partial charge in [-0.3, -0.25) is 19.2 Å². The first-order valence-electron chi connectivity index (χ1n) is 9.66. The second kappa shape index (κ2) is 7.18. The molecule has 6 nitrogen and oxygen atoms in total. The molecule has 8 heteroatoms. The molecule has 2 aromatic rings. The van der Waals surface area contributed by atoms with Crippen LogP contribution in [-0.4, -0.2) is 40.1 Å². The van der Waals surface area contributed by atoms with Gasteiger partial charge in [-0.15, -0.1) is 11.3 Å². The van der Waals surface area contributed by atoms with Crippen molar-refractivity contribution in [3.8, 4) is 0 Å². The second-order valence-corrected chi connectivity index (χ2v) is 9.14. The van der Waals surface area contributed by atoms with Crippen LogP contribution in [0.5, 0.6) is 0 Å². The highest BCUT2D eigenvalue weighted by Crippen LogP contribution is 2.52. The number of hydrogen-bond acceptors (Lipinski definition) is 5. The lowest BCUT2D eigenvalue weighted by Crippen LogP contribution is -2.52. The van der Waals surface area contributed by atoms with E-state index in [-0.39, 0.29) is 29.7 Å². The predicted octanol–water partition coefficient (Wildman–Crippen LogP) is 3.45. The lowest BCUT2D eigenvalue weighted by atomic mass is 9.85. The zero-order valence-corrected chi connectivity index (χ0v) is 17.3. The minimum atomic E-state index is -0.585. The van der Waals surface area contributed by atoms with Gasteiger partial charge in [-0.1, -0.05) is 29.8 Å². The number of benzene rings is 1. The molecule has 152 valence electrons. The van der Waals surface area contributed by atoms with Crippen LogP contribution in [0.25, 0.3) is 0 Å². The number of hydrazine groups is 1. The number of Topliss-reactive ketones (excluding diaryl/α,β-unsaturated/α-hetero) is 1. The van der Waals surface area contributed by atoms with Crippen molar-refractivity contribution >= 4 is 46.4 Å². The van der Waals surface area contributed by atoms with E-state index in [4.69, 9.17) is 11.6 Å². The highest BCUT2D eigenvalue weighted by molar-refractivity contribution is 7.12. The number of hydrogen-bond donors (Lipinski definition) is 0. The van der Waals surface area contributed by atoms with Gasteiger partial charge >= 0.3 is 0 Å². The third kappa shape index (κ3) is 2.92. The van der Waals surface area contributed by atoms with E-state index in [9.17, 15) is 19.2 Å². The van der Waals surface area contributed by atoms with Gasteiger partial charge in [-0.05, 0) is 54.0 Å². The number of amides is 3. The summed E-state index contributed by atoms with van der Waals surface area (Å²) in [7, 11) is 0. The minimum Gasteiger partial charge on any atom is -0.291 e. The molecule has 0 radical (unpaired) electrons. The van der Waals surface area contributed by atoms with Crippen molar-refractivity contribution in [1.29, 1.82) is 0 Å². The summed E-state index contributed by atoms with van der Waals surface area (Å²) in [4.78, 5) is 53.0. The zero-order valence-electron chi connectivity index (χ0n) is 15.7. The van der Waals surface area contributed by atoms with Gasteiger partial charge in [-0.25, -0.2) is 5.01 Å². The van der Waals surface area contributed by atoms with Crippen LogP contribution in [0.4, 0.5) is 0 Å². The van der Waals surface area contributed by atoms with Gasteiger partial charge in [0, 0.05) is 10.6 Å². The molecule has 30 heavy (non-hydrogen) atoms. The fraction of sp³-hybridized carbons (Fsp3) is 0.273. The number of rotatable bonds is 5. The summed E-state index contributed by atoms with van der Waals surface area (Å²) in [6.45, 7) is -0.387. The zero-order chi connectivity index (χ0) is 21.0. The van der Waals surface area contributed by atoms with E-state index in [1.165, 1.54) is 23.5 Å². The third-order valence-electron chi connectivity index (χ3n) is 6.10. The maximum atomic E-state index is 13.3. The molecule has 0 N–H and O–H groups in total. The molecule has 2 aliphatic carbocycles. The van der Waals surface area contributed by atoms with Crippen molar-refractivity contribution in [2.24, 2.45) is 23.7 Å². The number of halogens is 1. The molecule has 3 aliphatic rings. The second-order valence-electron chi connectivity index (χ2n) is 7.76. The summed E-state index contributed by atoms with van der Waals surface area (Å²) in [6, 6.07) is 9.55. The molecule has 1 saturated heterocycles. The first-order valence-corrected chi connectivity index (χ1v) is 10.9. The van der Waals surface area contributed by atoms with Crippen molar-refractivity contribution in [2.75, 3.05) is 6.54 Å². The molecule has 5 rings (SSSR count). The average Bonchev–Trinajstić information content (AvgIpc) is 3.52. The molecule has 1 aromatic carbocycles. The van der Waals surface area contributed by atoms with Crippen molar-refractivity contribution < 1.29 is 19.2 Å². The molecular formula is C22H17ClN2O4S. The average molecular weight is 441 g/mol. The maximum Gasteiger partial charge on any atom is 0.273 e. The van der Waals surface area contributed by atoms with Gasteiger partial charge in [0.15, 0.2) is 5.78 Å². The van der Waals surface area contributed by atoms with Gasteiger partial charge in [0.2, 0.25) is 0 Å². The summed E-state index contributed by atoms with van der Waals surface area (Å²) >= 11 is 7.17. The number of carbonyl (C=O) groups is 4. The Morgan fingerprint density at radius 2 is 1.67 bits per heavy atom. The van der Waals surface area contributed by atoms with Gasteiger partial charge < -0.3 is 0 Å². The van der Waals surface area contributed by atoms with E-state index in [2.05, 4.69) is 0 Å². The lowest BCUT2D eigenvalue weighted by Gasteiger charge is -2.30. The summed E-state index contributed by atoms with van der Waals surface area (Å²) in [5.41, 5.74) is 0.247. The molecule has 0 spiro atoms. The smallest absolute Gasteiger partial charge is 0.273 e. The van der Waals surface area contributed by atoms with Crippen LogP contribution in [0, 0.1) is 23.7 Å². The number of carbonyl (C=O) groups excluding carboxylic acids is 4. The Bertz CT molecular complexity index is 1050. The fourth-order valence-electron chi connectivity index (χ4n) is 4.75. The molecule has 3 amide bonds. The van der Waals surface area contributed by atoms with E-state index >= 15 is 0 Å². The molecule has 0 unspecified atom stereocenters. The number of allylic oxidation sites excluding steroid dienone is 2. The van der Waals surface area contributed by atoms with Crippen molar-refractivity contribution in [2.45, 2.75) is 6.42 Å². The van der Waals surface area contributed by atoms with E-state index in [1.807, 2.05) is 12.2 Å². The highest BCUT2D eigenvalue weighted by atomic mass is 35.5. The number of thiophene rings is 1. The quantitative estimate of drug-likeness (QED) is 0.405. The first-order chi connectivity index (χ1) is 14.5. The van der Waals surface area contributed by atoms with E-state index in [0.717, 1.165) is 16.4 Å². The van der Waals surface area contributed by atoms with Crippen LogP contribution >= 0.6 is 22.9 Å². The van der Waals surface area contributed by atoms with Crippen molar-refractivity contribution in [1.82, 2.24) is 10.0 Å². The molecule has 1 aromatic heterocycles. The Hall–Kier alpha value is -2.77. The summed E-state index contributed by atoms with van der Waals surface area (Å²) in [5, 5.41) is 4.15. The Morgan fingerprint density at radius 1 is 1.03 bits per heavy atom. The Morgan fingerprint density at radius 3 is 2.23 bits per heavy atom. The number of fused-ring (bicyclic) bond motifs is 5. The van der Waals surface area contributed by atoms with E-state index in [0.29, 0.717) is 9.90 Å². The first kappa shape index (κ1) is 19.2. The summed E-state index contributed by atoms with van der Waals surface area (Å²) in [5.74, 6) is -2.59. The normalized spacial score (nSPS) is 26.4. The largest absolute Gasteiger partial charge is 0.291 e. The fourth-order valence-corrected chi connectivity index (χ4v) is 5.53. The van der Waals surface area contributed by atoms with Crippen LogP contribution in [0.1, 0.15) is 26.5 Å². The molecule has 1 aliphatic heterocycles. The predicted molar refractivity (Wildman–Crippen MR) is 111 cm³/mol. The lowest BCUT2D eigenvalue weighted by molar-refractivity contribution is -0.154. The van der Waals surface area contributed by atoms with Gasteiger partial charge in [0.25, 0.3) is 17.7 Å². The topological polar surface area (TPSA) is 74.8 Å². The molecule has 2 bridgehead atoms. The Balaban J connectivity index is 1.50. The third-order valence-corrected chi connectivity index (χ3v) is 7.27. The van der Waals surface area contributed by atoms with Crippen LogP contribution in [0.3, 0.4) is 0 Å². The molecule has 1 saturated carbocycles. The van der Waals surface area contributed by atoms with Crippen LogP contribution in [-0.2, 0) is 9.59 Å². The van der Waals surface area contributed by atoms with Crippen LogP contribution < -0.4 is 0 Å². The SMILES string of the molecule is O=C(CN(C(=O)c1ccc(Cl)cc1)N1C(=O)[C@@H]2[C@H](C1=O)[C@H]1C=C[C@@H]2C1)c1cccs1. The van der Waals surface area contributed by atoms with E-state index in [1.54, 1.807) is 29.6 Å². The minimum absolute atomic E-state index is 0.0157. The van der Waals surface area contributed by atoms with Crippen LogP contribution in [0.2, 0.25) is 5.02 Å². The van der Waals surface area contributed by atoms with Gasteiger partial charge in [-0.2, -0.15) is 5.01 Å². The van der Waals surface area contributed by atoms with Gasteiger partial charge in [0.05, 0.1) is 16.7 Å². The summed E-state index contributed by atoms with van der Waals surface area (Å²) in [6.07, 6.45) is 4.77. The summed E-state index contributed by atoms with van der Waals surface area (Å²) < 4.78 is 0. The highest BCUT2D eigenvalue weighted by Gasteiger charge is 2.61. The number of ketones is 1. The molecular weight excluding hydrogens is 424 g/mol. The molecule has 4 atom stereocenters. The molecule has 2 heterocycles. The Kier molecular flexibility index (Phi) is 4.60. The van der Waals surface area contributed by atoms with Crippen molar-refractivity contribution in [3.63, 3.8) is 0 Å². The van der Waals surface area contributed by atoms with Gasteiger partial charge in [0.1, 0.15) is 6.54 Å². The van der Waals surface area contributed by atoms with Crippen LogP contribution in [0.15, 0.2) is 53.9 Å². The number of imide groups is 1. The van der Waals surface area contributed by atoms with Crippen molar-refractivity contribution in [3.05, 3.63) is 69.4 Å².